The van der Waals surface area contributed by atoms with Crippen LogP contribution in [0.4, 0.5) is 0 Å². The van der Waals surface area contributed by atoms with Crippen molar-refractivity contribution in [3.8, 4) is 11.3 Å². The Morgan fingerprint density at radius 1 is 1.38 bits per heavy atom. The van der Waals surface area contributed by atoms with Gasteiger partial charge in [-0.3, -0.25) is 14.6 Å². The third-order valence-electron chi connectivity index (χ3n) is 3.70. The summed E-state index contributed by atoms with van der Waals surface area (Å²) in [4.78, 5) is 28.2. The van der Waals surface area contributed by atoms with Crippen LogP contribution in [0.2, 0.25) is 0 Å². The first-order valence-corrected chi connectivity index (χ1v) is 7.01. The fourth-order valence-corrected chi connectivity index (χ4v) is 2.32. The van der Waals surface area contributed by atoms with Crippen LogP contribution >= 0.6 is 0 Å². The highest BCUT2D eigenvalue weighted by atomic mass is 16.2. The number of amides is 1. The number of aryl methyl sites for hydroxylation is 1. The molecule has 5 nitrogen and oxygen atoms in total. The molecule has 0 radical (unpaired) electrons. The normalized spacial score (nSPS) is 14.1. The average molecular weight is 283 g/mol. The number of aromatic nitrogens is 2. The van der Waals surface area contributed by atoms with Gasteiger partial charge in [-0.1, -0.05) is 6.07 Å². The standard InChI is InChI=1S/C16H17N3O2/c1-10-2-5-14(18-6-10)12-8-19(7-11-3-4-11)9-13(15(12)20)16(17)21/h2,5-6,8-9,11H,3-4,7H2,1H3,(H2,17,21). The van der Waals surface area contributed by atoms with Crippen molar-refractivity contribution >= 4 is 5.91 Å². The first-order chi connectivity index (χ1) is 10.0. The zero-order valence-corrected chi connectivity index (χ0v) is 11.9. The van der Waals surface area contributed by atoms with E-state index < -0.39 is 5.91 Å². The lowest BCUT2D eigenvalue weighted by atomic mass is 10.1. The second-order valence-corrected chi connectivity index (χ2v) is 5.64. The molecule has 3 rings (SSSR count). The van der Waals surface area contributed by atoms with Crippen LogP contribution in [0.5, 0.6) is 0 Å². The maximum atomic E-state index is 12.4. The lowest BCUT2D eigenvalue weighted by Crippen LogP contribution is -2.25. The van der Waals surface area contributed by atoms with Crippen molar-refractivity contribution in [3.05, 3.63) is 52.1 Å². The summed E-state index contributed by atoms with van der Waals surface area (Å²) in [6.07, 6.45) is 7.41. The van der Waals surface area contributed by atoms with Gasteiger partial charge in [0.25, 0.3) is 5.91 Å². The minimum Gasteiger partial charge on any atom is -0.365 e. The summed E-state index contributed by atoms with van der Waals surface area (Å²) in [6, 6.07) is 3.68. The number of rotatable bonds is 4. The van der Waals surface area contributed by atoms with Crippen LogP contribution in [0, 0.1) is 12.8 Å². The Kier molecular flexibility index (Phi) is 3.33. The second kappa shape index (κ2) is 5.16. The van der Waals surface area contributed by atoms with Crippen LogP contribution in [0.15, 0.2) is 35.5 Å². The average Bonchev–Trinajstić information content (AvgIpc) is 3.25. The molecule has 1 saturated carbocycles. The molecule has 0 aromatic carbocycles. The summed E-state index contributed by atoms with van der Waals surface area (Å²) in [5.74, 6) is -0.0643. The minimum absolute atomic E-state index is 0.0236. The molecule has 2 aromatic rings. The number of pyridine rings is 2. The fraction of sp³-hybridized carbons (Fsp3) is 0.312. The summed E-state index contributed by atoms with van der Waals surface area (Å²) in [6.45, 7) is 2.74. The van der Waals surface area contributed by atoms with Gasteiger partial charge in [-0.25, -0.2) is 0 Å². The van der Waals surface area contributed by atoms with Crippen molar-refractivity contribution in [1.82, 2.24) is 9.55 Å². The van der Waals surface area contributed by atoms with Crippen molar-refractivity contribution in [2.45, 2.75) is 26.3 Å². The molecule has 2 N–H and O–H groups in total. The van der Waals surface area contributed by atoms with E-state index in [2.05, 4.69) is 4.98 Å². The molecule has 0 spiro atoms. The van der Waals surface area contributed by atoms with Gasteiger partial charge in [-0.05, 0) is 37.3 Å². The van der Waals surface area contributed by atoms with Crippen molar-refractivity contribution in [3.63, 3.8) is 0 Å². The predicted molar refractivity (Wildman–Crippen MR) is 79.9 cm³/mol. The second-order valence-electron chi connectivity index (χ2n) is 5.64. The zero-order chi connectivity index (χ0) is 15.0. The molecule has 0 atom stereocenters. The number of carbonyl (C=O) groups is 1. The molecular formula is C16H17N3O2. The van der Waals surface area contributed by atoms with Crippen LogP contribution < -0.4 is 11.2 Å². The van der Waals surface area contributed by atoms with Gasteiger partial charge < -0.3 is 10.3 Å². The highest BCUT2D eigenvalue weighted by Crippen LogP contribution is 2.30. The van der Waals surface area contributed by atoms with Crippen molar-refractivity contribution in [1.29, 1.82) is 0 Å². The smallest absolute Gasteiger partial charge is 0.254 e. The van der Waals surface area contributed by atoms with Gasteiger partial charge in [0.15, 0.2) is 0 Å². The van der Waals surface area contributed by atoms with E-state index >= 15 is 0 Å². The Balaban J connectivity index is 2.12. The maximum absolute atomic E-state index is 12.4. The largest absolute Gasteiger partial charge is 0.365 e. The molecule has 108 valence electrons. The summed E-state index contributed by atoms with van der Waals surface area (Å²) in [5.41, 5.74) is 7.00. The van der Waals surface area contributed by atoms with Crippen LogP contribution in [-0.4, -0.2) is 15.5 Å². The molecule has 0 saturated heterocycles. The van der Waals surface area contributed by atoms with Crippen LogP contribution in [0.1, 0.15) is 28.8 Å². The molecule has 1 fully saturated rings. The van der Waals surface area contributed by atoms with Crippen LogP contribution in [-0.2, 0) is 6.54 Å². The number of nitrogens with two attached hydrogens (primary N) is 1. The predicted octanol–water partition coefficient (Wildman–Crippen LogP) is 1.73. The Bertz CT molecular complexity index is 743. The number of primary amides is 1. The Morgan fingerprint density at radius 2 is 2.14 bits per heavy atom. The molecule has 0 bridgehead atoms. The molecule has 2 aromatic heterocycles. The SMILES string of the molecule is Cc1ccc(-c2cn(CC3CC3)cc(C(N)=O)c2=O)nc1. The van der Waals surface area contributed by atoms with E-state index in [4.69, 9.17) is 5.73 Å². The molecule has 0 aliphatic heterocycles. The van der Waals surface area contributed by atoms with Gasteiger partial charge in [-0.15, -0.1) is 0 Å². The third-order valence-corrected chi connectivity index (χ3v) is 3.70. The Hall–Kier alpha value is -2.43. The number of hydrogen-bond donors (Lipinski definition) is 1. The molecule has 21 heavy (non-hydrogen) atoms. The van der Waals surface area contributed by atoms with Crippen LogP contribution in [0.3, 0.4) is 0 Å². The quantitative estimate of drug-likeness (QED) is 0.928. The third kappa shape index (κ3) is 2.86. The minimum atomic E-state index is -0.696. The van der Waals surface area contributed by atoms with Crippen molar-refractivity contribution in [2.24, 2.45) is 11.7 Å². The molecule has 2 heterocycles. The molecule has 1 amide bonds. The summed E-state index contributed by atoms with van der Waals surface area (Å²) < 4.78 is 1.88. The van der Waals surface area contributed by atoms with Gasteiger partial charge in [0.1, 0.15) is 5.56 Å². The molecule has 5 heteroatoms. The van der Waals surface area contributed by atoms with E-state index in [0.717, 1.165) is 12.1 Å². The Labute approximate surface area is 122 Å². The van der Waals surface area contributed by atoms with Crippen LogP contribution in [0.25, 0.3) is 11.3 Å². The highest BCUT2D eigenvalue weighted by Gasteiger charge is 2.23. The van der Waals surface area contributed by atoms with E-state index in [-0.39, 0.29) is 11.0 Å². The lowest BCUT2D eigenvalue weighted by molar-refractivity contribution is 0.0998. The maximum Gasteiger partial charge on any atom is 0.254 e. The van der Waals surface area contributed by atoms with Gasteiger partial charge >= 0.3 is 0 Å². The van der Waals surface area contributed by atoms with E-state index in [1.165, 1.54) is 12.8 Å². The first kappa shape index (κ1) is 13.5. The van der Waals surface area contributed by atoms with Gasteiger partial charge in [-0.2, -0.15) is 0 Å². The molecular weight excluding hydrogens is 266 g/mol. The van der Waals surface area contributed by atoms with Crippen molar-refractivity contribution < 1.29 is 4.79 Å². The summed E-state index contributed by atoms with van der Waals surface area (Å²) in [5, 5.41) is 0. The highest BCUT2D eigenvalue weighted by molar-refractivity contribution is 5.93. The Morgan fingerprint density at radius 3 is 2.71 bits per heavy atom. The lowest BCUT2D eigenvalue weighted by Gasteiger charge is -2.10. The summed E-state index contributed by atoms with van der Waals surface area (Å²) in [7, 11) is 0. The van der Waals surface area contributed by atoms with Gasteiger partial charge in [0, 0.05) is 25.1 Å². The zero-order valence-electron chi connectivity index (χ0n) is 11.9. The topological polar surface area (TPSA) is 78.0 Å². The fourth-order valence-electron chi connectivity index (χ4n) is 2.32. The molecule has 0 unspecified atom stereocenters. The van der Waals surface area contributed by atoms with Crippen molar-refractivity contribution in [2.75, 3.05) is 0 Å². The number of nitrogens with zero attached hydrogens (tertiary/aromatic N) is 2. The number of carbonyl (C=O) groups excluding carboxylic acids is 1. The first-order valence-electron chi connectivity index (χ1n) is 7.01. The van der Waals surface area contributed by atoms with Gasteiger partial charge in [0.05, 0.1) is 11.3 Å². The summed E-state index contributed by atoms with van der Waals surface area (Å²) >= 11 is 0. The monoisotopic (exact) mass is 283 g/mol. The van der Waals surface area contributed by atoms with E-state index in [0.29, 0.717) is 17.2 Å². The van der Waals surface area contributed by atoms with Gasteiger partial charge in [0.2, 0.25) is 5.43 Å². The molecule has 1 aliphatic carbocycles. The van der Waals surface area contributed by atoms with E-state index in [9.17, 15) is 9.59 Å². The number of hydrogen-bond acceptors (Lipinski definition) is 3. The molecule has 1 aliphatic rings. The van der Waals surface area contributed by atoms with E-state index in [1.807, 2.05) is 17.6 Å². The van der Waals surface area contributed by atoms with E-state index in [1.54, 1.807) is 24.7 Å².